The van der Waals surface area contributed by atoms with E-state index in [1.165, 1.54) is 12.8 Å². The van der Waals surface area contributed by atoms with Gasteiger partial charge >= 0.3 is 0 Å². The molecule has 0 aromatic carbocycles. The highest BCUT2D eigenvalue weighted by molar-refractivity contribution is 7.80. The van der Waals surface area contributed by atoms with Crippen molar-refractivity contribution < 1.29 is 4.79 Å². The van der Waals surface area contributed by atoms with Crippen LogP contribution in [-0.2, 0) is 4.79 Å². The second-order valence-corrected chi connectivity index (χ2v) is 5.28. The lowest BCUT2D eigenvalue weighted by Gasteiger charge is -2.23. The largest absolute Gasteiger partial charge is 0.393 e. The summed E-state index contributed by atoms with van der Waals surface area (Å²) in [5.41, 5.74) is 5.28. The van der Waals surface area contributed by atoms with Gasteiger partial charge in [-0.3, -0.25) is 4.79 Å². The minimum atomic E-state index is -0.297. The normalized spacial score (nSPS) is 11.2. The Morgan fingerprint density at radius 2 is 1.94 bits per heavy atom. The summed E-state index contributed by atoms with van der Waals surface area (Å²) in [5, 5.41) is 2.87. The third-order valence-electron chi connectivity index (χ3n) is 2.65. The number of thiocarbonyl (C=S) groups is 1. The van der Waals surface area contributed by atoms with Gasteiger partial charge in [0.1, 0.15) is 0 Å². The number of nitrogens with two attached hydrogens (primary N) is 1. The van der Waals surface area contributed by atoms with Crippen molar-refractivity contribution in [3.8, 4) is 0 Å². The van der Waals surface area contributed by atoms with E-state index in [2.05, 4.69) is 12.2 Å². The van der Waals surface area contributed by atoms with Crippen molar-refractivity contribution in [1.82, 2.24) is 5.32 Å². The lowest BCUT2D eigenvalue weighted by atomic mass is 9.93. The van der Waals surface area contributed by atoms with Gasteiger partial charge in [-0.05, 0) is 6.42 Å². The molecule has 0 radical (unpaired) electrons. The fraction of sp³-hybridized carbons (Fsp3) is 0.833. The lowest BCUT2D eigenvalue weighted by molar-refractivity contribution is -0.121. The molecule has 16 heavy (non-hydrogen) atoms. The maximum Gasteiger partial charge on any atom is 0.220 e. The van der Waals surface area contributed by atoms with Gasteiger partial charge in [0.15, 0.2) is 0 Å². The second kappa shape index (κ2) is 7.60. The first-order chi connectivity index (χ1) is 7.40. The molecule has 0 aromatic rings. The molecule has 0 fully saturated rings. The Morgan fingerprint density at radius 1 is 1.31 bits per heavy atom. The lowest BCUT2D eigenvalue weighted by Crippen LogP contribution is -2.41. The molecule has 0 aliphatic heterocycles. The van der Waals surface area contributed by atoms with E-state index in [9.17, 15) is 4.79 Å². The van der Waals surface area contributed by atoms with Crippen LogP contribution in [0.2, 0.25) is 0 Å². The van der Waals surface area contributed by atoms with Gasteiger partial charge in [-0.2, -0.15) is 0 Å². The summed E-state index contributed by atoms with van der Waals surface area (Å²) in [4.78, 5) is 11.9. The van der Waals surface area contributed by atoms with Gasteiger partial charge < -0.3 is 11.1 Å². The predicted molar refractivity (Wildman–Crippen MR) is 72.3 cm³/mol. The number of unbranched alkanes of at least 4 members (excludes halogenated alkanes) is 3. The van der Waals surface area contributed by atoms with E-state index in [0.29, 0.717) is 18.0 Å². The summed E-state index contributed by atoms with van der Waals surface area (Å²) in [5.74, 6) is 0.0976. The summed E-state index contributed by atoms with van der Waals surface area (Å²) >= 11 is 4.93. The smallest absolute Gasteiger partial charge is 0.220 e. The summed E-state index contributed by atoms with van der Waals surface area (Å²) in [6, 6.07) is 0. The molecule has 0 aromatic heterocycles. The molecule has 1 amide bonds. The van der Waals surface area contributed by atoms with Gasteiger partial charge in [-0.1, -0.05) is 52.3 Å². The van der Waals surface area contributed by atoms with E-state index >= 15 is 0 Å². The molecular formula is C12H24N2OS. The van der Waals surface area contributed by atoms with Crippen LogP contribution in [0, 0.1) is 5.41 Å². The molecule has 0 unspecified atom stereocenters. The van der Waals surface area contributed by atoms with E-state index < -0.39 is 0 Å². The molecule has 0 saturated carbocycles. The SMILES string of the molecule is CCCCCCC(=O)NCC(C)(C)C(N)=S. The van der Waals surface area contributed by atoms with Crippen molar-refractivity contribution in [1.29, 1.82) is 0 Å². The zero-order valence-electron chi connectivity index (χ0n) is 10.6. The molecule has 94 valence electrons. The second-order valence-electron chi connectivity index (χ2n) is 4.84. The summed E-state index contributed by atoms with van der Waals surface area (Å²) in [6.45, 7) is 6.55. The quantitative estimate of drug-likeness (QED) is 0.509. The van der Waals surface area contributed by atoms with Gasteiger partial charge in [-0.25, -0.2) is 0 Å². The van der Waals surface area contributed by atoms with E-state index in [-0.39, 0.29) is 11.3 Å². The van der Waals surface area contributed by atoms with Crippen molar-refractivity contribution in [3.63, 3.8) is 0 Å². The summed E-state index contributed by atoms with van der Waals surface area (Å²) in [7, 11) is 0. The third kappa shape index (κ3) is 6.77. The highest BCUT2D eigenvalue weighted by Crippen LogP contribution is 2.13. The van der Waals surface area contributed by atoms with Crippen LogP contribution in [0.15, 0.2) is 0 Å². The van der Waals surface area contributed by atoms with Crippen molar-refractivity contribution in [2.24, 2.45) is 11.1 Å². The molecule has 0 spiro atoms. The Morgan fingerprint density at radius 3 is 2.44 bits per heavy atom. The third-order valence-corrected chi connectivity index (χ3v) is 3.20. The van der Waals surface area contributed by atoms with Crippen LogP contribution >= 0.6 is 12.2 Å². The number of amides is 1. The highest BCUT2D eigenvalue weighted by Gasteiger charge is 2.21. The number of nitrogens with one attached hydrogen (secondary N) is 1. The first-order valence-electron chi connectivity index (χ1n) is 5.96. The maximum atomic E-state index is 11.5. The minimum Gasteiger partial charge on any atom is -0.393 e. The number of carbonyl (C=O) groups is 1. The van der Waals surface area contributed by atoms with Crippen molar-refractivity contribution >= 4 is 23.1 Å². The summed E-state index contributed by atoms with van der Waals surface area (Å²) in [6.07, 6.45) is 5.09. The molecule has 3 nitrogen and oxygen atoms in total. The first kappa shape index (κ1) is 15.4. The Labute approximate surface area is 104 Å². The van der Waals surface area contributed by atoms with Crippen LogP contribution in [0.5, 0.6) is 0 Å². The highest BCUT2D eigenvalue weighted by atomic mass is 32.1. The summed E-state index contributed by atoms with van der Waals surface area (Å²) < 4.78 is 0. The number of carbonyl (C=O) groups excluding carboxylic acids is 1. The van der Waals surface area contributed by atoms with E-state index in [1.807, 2.05) is 13.8 Å². The van der Waals surface area contributed by atoms with Crippen LogP contribution < -0.4 is 11.1 Å². The minimum absolute atomic E-state index is 0.0976. The molecule has 0 rings (SSSR count). The van der Waals surface area contributed by atoms with Crippen LogP contribution in [0.25, 0.3) is 0 Å². The van der Waals surface area contributed by atoms with Gasteiger partial charge in [0.05, 0.1) is 4.99 Å². The van der Waals surface area contributed by atoms with Gasteiger partial charge in [0.25, 0.3) is 0 Å². The van der Waals surface area contributed by atoms with Crippen molar-refractivity contribution in [3.05, 3.63) is 0 Å². The van der Waals surface area contributed by atoms with Crippen LogP contribution in [0.4, 0.5) is 0 Å². The Hall–Kier alpha value is -0.640. The fourth-order valence-electron chi connectivity index (χ4n) is 1.21. The molecule has 0 heterocycles. The molecule has 0 saturated heterocycles. The topological polar surface area (TPSA) is 55.1 Å². The molecule has 4 heteroatoms. The van der Waals surface area contributed by atoms with Gasteiger partial charge in [0.2, 0.25) is 5.91 Å². The first-order valence-corrected chi connectivity index (χ1v) is 6.37. The van der Waals surface area contributed by atoms with Gasteiger partial charge in [0, 0.05) is 18.4 Å². The van der Waals surface area contributed by atoms with E-state index in [0.717, 1.165) is 12.8 Å². The number of rotatable bonds is 8. The van der Waals surface area contributed by atoms with E-state index in [1.54, 1.807) is 0 Å². The standard InChI is InChI=1S/C12H24N2OS/c1-4-5-6-7-8-10(15)14-9-12(2,3)11(13)16/h4-9H2,1-3H3,(H2,13,16)(H,14,15). The van der Waals surface area contributed by atoms with E-state index in [4.69, 9.17) is 18.0 Å². The average Bonchev–Trinajstić information content (AvgIpc) is 2.21. The molecule has 0 aliphatic carbocycles. The average molecular weight is 244 g/mol. The Balaban J connectivity index is 3.69. The number of hydrogen-bond acceptors (Lipinski definition) is 2. The van der Waals surface area contributed by atoms with Crippen LogP contribution in [0.3, 0.4) is 0 Å². The van der Waals surface area contributed by atoms with Crippen molar-refractivity contribution in [2.75, 3.05) is 6.54 Å². The monoisotopic (exact) mass is 244 g/mol. The molecule has 0 atom stereocenters. The zero-order chi connectivity index (χ0) is 12.6. The predicted octanol–water partition coefficient (Wildman–Crippen LogP) is 2.39. The molecular weight excluding hydrogens is 220 g/mol. The fourth-order valence-corrected chi connectivity index (χ4v) is 1.28. The Kier molecular flexibility index (Phi) is 7.30. The van der Waals surface area contributed by atoms with Crippen LogP contribution in [0.1, 0.15) is 52.9 Å². The molecule has 0 bridgehead atoms. The van der Waals surface area contributed by atoms with Crippen LogP contribution in [-0.4, -0.2) is 17.4 Å². The van der Waals surface area contributed by atoms with Gasteiger partial charge in [-0.15, -0.1) is 0 Å². The maximum absolute atomic E-state index is 11.5. The molecule has 0 aliphatic rings. The zero-order valence-corrected chi connectivity index (χ0v) is 11.5. The van der Waals surface area contributed by atoms with Crippen molar-refractivity contribution in [2.45, 2.75) is 52.9 Å². The number of hydrogen-bond donors (Lipinski definition) is 2. The Bertz CT molecular complexity index is 239. The molecule has 3 N–H and O–H groups in total.